The summed E-state index contributed by atoms with van der Waals surface area (Å²) in [5.74, 6) is -1.28. The van der Waals surface area contributed by atoms with Crippen LogP contribution in [-0.4, -0.2) is 32.8 Å². The number of aryl methyl sites for hydroxylation is 1. The van der Waals surface area contributed by atoms with Crippen molar-refractivity contribution in [2.75, 3.05) is 11.5 Å². The molecule has 8 heteroatoms. The maximum atomic E-state index is 15.6. The molecule has 0 saturated heterocycles. The average molecular weight is 451 g/mol. The minimum Gasteiger partial charge on any atom is -0.394 e. The third-order valence-corrected chi connectivity index (χ3v) is 5.35. The first kappa shape index (κ1) is 21.7. The maximum Gasteiger partial charge on any atom is 0.261 e. The van der Waals surface area contributed by atoms with Crippen LogP contribution in [0, 0.1) is 12.7 Å². The molecule has 0 aliphatic heterocycles. The fourth-order valence-electron chi connectivity index (χ4n) is 3.65. The summed E-state index contributed by atoms with van der Waals surface area (Å²) in [7, 11) is 0. The molecule has 4 aromatic rings. The highest BCUT2D eigenvalue weighted by molar-refractivity contribution is 6.30. The molecule has 0 bridgehead atoms. The van der Waals surface area contributed by atoms with Gasteiger partial charge in [-0.15, -0.1) is 0 Å². The number of aromatic amines is 1. The number of nitrogens with zero attached hydrogens (tertiary/aromatic N) is 3. The molecule has 2 aromatic carbocycles. The Balaban J connectivity index is 1.87. The zero-order chi connectivity index (χ0) is 22.7. The zero-order valence-electron chi connectivity index (χ0n) is 17.2. The molecular formula is C24H20ClFN4O2. The van der Waals surface area contributed by atoms with Gasteiger partial charge in [-0.3, -0.25) is 19.8 Å². The topological polar surface area (TPSA) is 82.1 Å². The van der Waals surface area contributed by atoms with Crippen molar-refractivity contribution in [2.45, 2.75) is 13.0 Å². The molecule has 6 nitrogen and oxygen atoms in total. The Morgan fingerprint density at radius 1 is 1.22 bits per heavy atom. The second-order valence-electron chi connectivity index (χ2n) is 7.30. The summed E-state index contributed by atoms with van der Waals surface area (Å²) in [6.45, 7) is 1.39. The number of hydrogen-bond donors (Lipinski definition) is 2. The van der Waals surface area contributed by atoms with Gasteiger partial charge in [-0.1, -0.05) is 23.7 Å². The molecule has 32 heavy (non-hydrogen) atoms. The smallest absolute Gasteiger partial charge is 0.261 e. The van der Waals surface area contributed by atoms with Crippen LogP contribution in [0.2, 0.25) is 5.02 Å². The molecule has 162 valence electrons. The van der Waals surface area contributed by atoms with Gasteiger partial charge in [0.1, 0.15) is 5.82 Å². The molecule has 2 heterocycles. The number of rotatable bonds is 6. The Labute approximate surface area is 189 Å². The largest absolute Gasteiger partial charge is 0.394 e. The number of benzene rings is 2. The van der Waals surface area contributed by atoms with Crippen LogP contribution in [0.3, 0.4) is 0 Å². The van der Waals surface area contributed by atoms with Gasteiger partial charge in [0.2, 0.25) is 0 Å². The summed E-state index contributed by atoms with van der Waals surface area (Å²) in [5, 5.41) is 17.3. The van der Waals surface area contributed by atoms with Crippen LogP contribution in [0.5, 0.6) is 0 Å². The molecule has 0 saturated carbocycles. The standard InChI is InChI=1S/C24H20ClFN4O2/c1-15-8-20(17-11-28-29-12-17)23(26)21(9-15)24(32)30(19-6-3-7-27-13-19)22(14-31)16-4-2-5-18(25)10-16/h2-13,22,31H,14H2,1H3,(H,28,29). The lowest BCUT2D eigenvalue weighted by atomic mass is 9.99. The van der Waals surface area contributed by atoms with Crippen LogP contribution in [-0.2, 0) is 0 Å². The molecular weight excluding hydrogens is 431 g/mol. The maximum absolute atomic E-state index is 15.6. The number of carbonyl (C=O) groups excluding carboxylic acids is 1. The highest BCUT2D eigenvalue weighted by atomic mass is 35.5. The van der Waals surface area contributed by atoms with Crippen LogP contribution < -0.4 is 4.90 Å². The third-order valence-electron chi connectivity index (χ3n) is 5.12. The molecule has 4 rings (SSSR count). The van der Waals surface area contributed by atoms with E-state index in [1.807, 2.05) is 0 Å². The van der Waals surface area contributed by atoms with E-state index in [4.69, 9.17) is 11.6 Å². The summed E-state index contributed by atoms with van der Waals surface area (Å²) in [6.07, 6.45) is 6.13. The number of halogens is 2. The van der Waals surface area contributed by atoms with Gasteiger partial charge in [0, 0.05) is 28.5 Å². The van der Waals surface area contributed by atoms with Crippen LogP contribution in [0.4, 0.5) is 10.1 Å². The first-order valence-electron chi connectivity index (χ1n) is 9.88. The lowest BCUT2D eigenvalue weighted by Gasteiger charge is -2.31. The van der Waals surface area contributed by atoms with Crippen molar-refractivity contribution in [2.24, 2.45) is 0 Å². The van der Waals surface area contributed by atoms with E-state index in [0.717, 1.165) is 0 Å². The number of anilines is 1. The van der Waals surface area contributed by atoms with E-state index in [-0.39, 0.29) is 11.1 Å². The summed E-state index contributed by atoms with van der Waals surface area (Å²) in [6, 6.07) is 12.6. The SMILES string of the molecule is Cc1cc(C(=O)N(c2cccnc2)C(CO)c2cccc(Cl)c2)c(F)c(-c2cn[nH]c2)c1. The Bertz CT molecular complexity index is 1230. The Hall–Kier alpha value is -3.55. The predicted octanol–water partition coefficient (Wildman–Crippen LogP) is 4.95. The van der Waals surface area contributed by atoms with Crippen LogP contribution in [0.15, 0.2) is 73.3 Å². The number of aliphatic hydroxyl groups is 1. The number of hydrogen-bond acceptors (Lipinski definition) is 4. The van der Waals surface area contributed by atoms with Gasteiger partial charge in [-0.05, 0) is 54.4 Å². The Morgan fingerprint density at radius 2 is 2.06 bits per heavy atom. The summed E-state index contributed by atoms with van der Waals surface area (Å²) >= 11 is 6.15. The van der Waals surface area contributed by atoms with Crippen molar-refractivity contribution in [1.29, 1.82) is 0 Å². The minimum atomic E-state index is -0.803. The molecule has 0 spiro atoms. The van der Waals surface area contributed by atoms with E-state index in [0.29, 0.717) is 27.4 Å². The molecule has 0 aliphatic carbocycles. The van der Waals surface area contributed by atoms with E-state index < -0.39 is 24.4 Å². The van der Waals surface area contributed by atoms with E-state index in [1.54, 1.807) is 61.8 Å². The lowest BCUT2D eigenvalue weighted by Crippen LogP contribution is -2.37. The Kier molecular flexibility index (Phi) is 6.30. The molecule has 0 radical (unpaired) electrons. The lowest BCUT2D eigenvalue weighted by molar-refractivity contribution is 0.0959. The fourth-order valence-corrected chi connectivity index (χ4v) is 3.85. The highest BCUT2D eigenvalue weighted by Crippen LogP contribution is 2.33. The highest BCUT2D eigenvalue weighted by Gasteiger charge is 2.30. The normalized spacial score (nSPS) is 11.9. The second-order valence-corrected chi connectivity index (χ2v) is 7.74. The van der Waals surface area contributed by atoms with E-state index in [1.165, 1.54) is 23.4 Å². The van der Waals surface area contributed by atoms with Gasteiger partial charge in [-0.25, -0.2) is 4.39 Å². The number of pyridine rings is 1. The monoisotopic (exact) mass is 450 g/mol. The van der Waals surface area contributed by atoms with E-state index in [2.05, 4.69) is 15.2 Å². The molecule has 0 aliphatic rings. The Morgan fingerprint density at radius 3 is 2.72 bits per heavy atom. The predicted molar refractivity (Wildman–Crippen MR) is 121 cm³/mol. The third kappa shape index (κ3) is 4.26. The van der Waals surface area contributed by atoms with Crippen molar-refractivity contribution in [1.82, 2.24) is 15.2 Å². The van der Waals surface area contributed by atoms with Gasteiger partial charge < -0.3 is 5.11 Å². The quantitative estimate of drug-likeness (QED) is 0.435. The van der Waals surface area contributed by atoms with Crippen molar-refractivity contribution < 1.29 is 14.3 Å². The van der Waals surface area contributed by atoms with Crippen LogP contribution >= 0.6 is 11.6 Å². The first-order chi connectivity index (χ1) is 15.5. The average Bonchev–Trinajstić information content (AvgIpc) is 3.33. The molecule has 0 fully saturated rings. The minimum absolute atomic E-state index is 0.120. The van der Waals surface area contributed by atoms with Crippen molar-refractivity contribution >= 4 is 23.2 Å². The number of amides is 1. The molecule has 2 N–H and O–H groups in total. The summed E-state index contributed by atoms with van der Waals surface area (Å²) < 4.78 is 15.6. The number of aliphatic hydroxyl groups excluding tert-OH is 1. The van der Waals surface area contributed by atoms with Gasteiger partial charge in [0.05, 0.1) is 36.3 Å². The molecule has 1 amide bonds. The number of aromatic nitrogens is 3. The first-order valence-corrected chi connectivity index (χ1v) is 10.3. The molecule has 1 unspecified atom stereocenters. The van der Waals surface area contributed by atoms with Gasteiger partial charge >= 0.3 is 0 Å². The number of carbonyl (C=O) groups is 1. The second kappa shape index (κ2) is 9.30. The molecule has 1 atom stereocenters. The number of nitrogens with one attached hydrogen (secondary N) is 1. The van der Waals surface area contributed by atoms with Gasteiger partial charge in [0.25, 0.3) is 5.91 Å². The summed E-state index contributed by atoms with van der Waals surface area (Å²) in [4.78, 5) is 19.2. The molecule has 2 aromatic heterocycles. The van der Waals surface area contributed by atoms with Crippen molar-refractivity contribution in [3.8, 4) is 11.1 Å². The van der Waals surface area contributed by atoms with E-state index >= 15 is 4.39 Å². The van der Waals surface area contributed by atoms with Crippen LogP contribution in [0.1, 0.15) is 27.5 Å². The van der Waals surface area contributed by atoms with Crippen molar-refractivity contribution in [3.05, 3.63) is 101 Å². The van der Waals surface area contributed by atoms with E-state index in [9.17, 15) is 9.90 Å². The van der Waals surface area contributed by atoms with Gasteiger partial charge in [-0.2, -0.15) is 5.10 Å². The fraction of sp³-hybridized carbons (Fsp3) is 0.125. The number of H-pyrrole nitrogens is 1. The zero-order valence-corrected chi connectivity index (χ0v) is 17.9. The summed E-state index contributed by atoms with van der Waals surface area (Å²) in [5.41, 5.74) is 2.41. The van der Waals surface area contributed by atoms with Crippen molar-refractivity contribution in [3.63, 3.8) is 0 Å². The van der Waals surface area contributed by atoms with Gasteiger partial charge in [0.15, 0.2) is 0 Å². The van der Waals surface area contributed by atoms with Crippen LogP contribution in [0.25, 0.3) is 11.1 Å².